The number of piperidine rings is 1. The van der Waals surface area contributed by atoms with Gasteiger partial charge in [-0.3, -0.25) is 14.5 Å². The normalized spacial score (nSPS) is 15.0. The molecule has 1 saturated heterocycles. The van der Waals surface area contributed by atoms with Crippen molar-refractivity contribution in [2.75, 3.05) is 31.5 Å². The monoisotopic (exact) mass is 419 g/mol. The van der Waals surface area contributed by atoms with Gasteiger partial charge in [0.1, 0.15) is 17.5 Å². The summed E-state index contributed by atoms with van der Waals surface area (Å²) in [6.07, 6.45) is 1.63. The fourth-order valence-electron chi connectivity index (χ4n) is 3.50. The number of hydrogen-bond acceptors (Lipinski definition) is 3. The van der Waals surface area contributed by atoms with Gasteiger partial charge >= 0.3 is 0 Å². The van der Waals surface area contributed by atoms with Crippen molar-refractivity contribution in [2.24, 2.45) is 5.92 Å². The maximum Gasteiger partial charge on any atom is 0.238 e. The molecule has 160 valence electrons. The van der Waals surface area contributed by atoms with Crippen molar-refractivity contribution in [3.05, 3.63) is 65.5 Å². The molecule has 1 heterocycles. The largest absolute Gasteiger partial charge is 0.356 e. The summed E-state index contributed by atoms with van der Waals surface area (Å²) >= 11 is 0. The lowest BCUT2D eigenvalue weighted by molar-refractivity contribution is -0.126. The summed E-state index contributed by atoms with van der Waals surface area (Å²) in [4.78, 5) is 26.3. The van der Waals surface area contributed by atoms with Crippen LogP contribution in [0.15, 0.2) is 42.5 Å². The van der Waals surface area contributed by atoms with Gasteiger partial charge in [0.05, 0.1) is 12.2 Å². The zero-order valence-electron chi connectivity index (χ0n) is 16.5. The molecule has 1 aliphatic heterocycles. The van der Waals surface area contributed by atoms with Crippen LogP contribution in [-0.4, -0.2) is 42.9 Å². The summed E-state index contributed by atoms with van der Waals surface area (Å²) in [6.45, 7) is 1.56. The van der Waals surface area contributed by atoms with Crippen molar-refractivity contribution in [2.45, 2.75) is 19.3 Å². The minimum absolute atomic E-state index is 0.0643. The Hall–Kier alpha value is -2.87. The third kappa shape index (κ3) is 6.06. The Labute approximate surface area is 173 Å². The summed E-state index contributed by atoms with van der Waals surface area (Å²) in [5.74, 6) is -2.43. The van der Waals surface area contributed by atoms with Gasteiger partial charge in [-0.2, -0.15) is 0 Å². The van der Waals surface area contributed by atoms with E-state index in [4.69, 9.17) is 0 Å². The molecule has 0 radical (unpaired) electrons. The summed E-state index contributed by atoms with van der Waals surface area (Å²) in [7, 11) is 0. The molecule has 0 unspecified atom stereocenters. The second kappa shape index (κ2) is 10.2. The molecule has 1 aliphatic rings. The number of anilines is 1. The average Bonchev–Trinajstić information content (AvgIpc) is 2.72. The Morgan fingerprint density at radius 3 is 2.43 bits per heavy atom. The van der Waals surface area contributed by atoms with E-state index in [1.165, 1.54) is 12.1 Å². The first-order chi connectivity index (χ1) is 14.4. The summed E-state index contributed by atoms with van der Waals surface area (Å²) in [5.41, 5.74) is 0.502. The van der Waals surface area contributed by atoms with Gasteiger partial charge in [-0.05, 0) is 56.1 Å². The summed E-state index contributed by atoms with van der Waals surface area (Å²) in [5, 5.41) is 5.29. The van der Waals surface area contributed by atoms with Gasteiger partial charge in [0.15, 0.2) is 0 Å². The highest BCUT2D eigenvalue weighted by Gasteiger charge is 2.26. The number of carbonyl (C=O) groups excluding carboxylic acids is 2. The van der Waals surface area contributed by atoms with Gasteiger partial charge in [-0.25, -0.2) is 13.2 Å². The number of hydrogen-bond donors (Lipinski definition) is 2. The number of nitrogens with zero attached hydrogens (tertiary/aromatic N) is 1. The minimum Gasteiger partial charge on any atom is -0.356 e. The van der Waals surface area contributed by atoms with Gasteiger partial charge in [0, 0.05) is 18.5 Å². The van der Waals surface area contributed by atoms with Crippen molar-refractivity contribution in [3.8, 4) is 0 Å². The van der Waals surface area contributed by atoms with Crippen LogP contribution in [0.3, 0.4) is 0 Å². The Morgan fingerprint density at radius 1 is 1.00 bits per heavy atom. The number of benzene rings is 2. The first-order valence-corrected chi connectivity index (χ1v) is 9.91. The van der Waals surface area contributed by atoms with E-state index in [0.29, 0.717) is 50.5 Å². The van der Waals surface area contributed by atoms with Crippen LogP contribution in [0.25, 0.3) is 0 Å². The smallest absolute Gasteiger partial charge is 0.238 e. The standard InChI is InChI=1S/C22H24F3N3O2/c23-17-5-6-20(19(25)13-17)27-21(29)14-28-11-8-16(9-12-28)22(30)26-10-7-15-3-1-2-4-18(15)24/h1-6,13,16H,7-12,14H2,(H,26,30)(H,27,29). The zero-order chi connectivity index (χ0) is 21.5. The van der Waals surface area contributed by atoms with E-state index >= 15 is 0 Å². The highest BCUT2D eigenvalue weighted by atomic mass is 19.1. The molecule has 0 atom stereocenters. The molecule has 3 rings (SSSR count). The van der Waals surface area contributed by atoms with Gasteiger partial charge in [0.25, 0.3) is 0 Å². The highest BCUT2D eigenvalue weighted by Crippen LogP contribution is 2.18. The highest BCUT2D eigenvalue weighted by molar-refractivity contribution is 5.92. The maximum atomic E-state index is 13.6. The molecule has 5 nitrogen and oxygen atoms in total. The van der Waals surface area contributed by atoms with E-state index < -0.39 is 17.5 Å². The molecule has 2 N–H and O–H groups in total. The van der Waals surface area contributed by atoms with Crippen molar-refractivity contribution >= 4 is 17.5 Å². The SMILES string of the molecule is O=C(CN1CCC(C(=O)NCCc2ccccc2F)CC1)Nc1ccc(F)cc1F. The maximum absolute atomic E-state index is 13.6. The lowest BCUT2D eigenvalue weighted by Crippen LogP contribution is -2.43. The lowest BCUT2D eigenvalue weighted by Gasteiger charge is -2.30. The number of rotatable bonds is 7. The first kappa shape index (κ1) is 21.8. The molecule has 2 aromatic rings. The van der Waals surface area contributed by atoms with Crippen LogP contribution in [0.5, 0.6) is 0 Å². The van der Waals surface area contributed by atoms with E-state index in [-0.39, 0.29) is 29.9 Å². The van der Waals surface area contributed by atoms with Gasteiger partial charge < -0.3 is 10.6 Å². The fraction of sp³-hybridized carbons (Fsp3) is 0.364. The van der Waals surface area contributed by atoms with Gasteiger partial charge in [0.2, 0.25) is 11.8 Å². The van der Waals surface area contributed by atoms with E-state index in [2.05, 4.69) is 10.6 Å². The molecular formula is C22H24F3N3O2. The molecule has 2 amide bonds. The second-order valence-electron chi connectivity index (χ2n) is 7.36. The molecule has 0 aromatic heterocycles. The minimum atomic E-state index is -0.825. The van der Waals surface area contributed by atoms with Crippen molar-refractivity contribution in [3.63, 3.8) is 0 Å². The van der Waals surface area contributed by atoms with Crippen LogP contribution < -0.4 is 10.6 Å². The van der Waals surface area contributed by atoms with Crippen molar-refractivity contribution in [1.29, 1.82) is 0 Å². The Balaban J connectivity index is 1.38. The first-order valence-electron chi connectivity index (χ1n) is 9.91. The Bertz CT molecular complexity index is 899. The van der Waals surface area contributed by atoms with E-state index in [1.54, 1.807) is 18.2 Å². The number of nitrogens with one attached hydrogen (secondary N) is 2. The topological polar surface area (TPSA) is 61.4 Å². The number of carbonyl (C=O) groups is 2. The van der Waals surface area contributed by atoms with E-state index in [9.17, 15) is 22.8 Å². The molecule has 0 saturated carbocycles. The average molecular weight is 419 g/mol. The number of likely N-dealkylation sites (tertiary alicyclic amines) is 1. The number of halogens is 3. The molecule has 0 aliphatic carbocycles. The predicted molar refractivity (Wildman–Crippen MR) is 107 cm³/mol. The summed E-state index contributed by atoms with van der Waals surface area (Å²) < 4.78 is 40.2. The van der Waals surface area contributed by atoms with Crippen LogP contribution in [0, 0.1) is 23.4 Å². The summed E-state index contributed by atoms with van der Waals surface area (Å²) in [6, 6.07) is 9.45. The predicted octanol–water partition coefficient (Wildman–Crippen LogP) is 3.11. The van der Waals surface area contributed by atoms with Crippen LogP contribution in [0.4, 0.5) is 18.9 Å². The van der Waals surface area contributed by atoms with Crippen LogP contribution in [-0.2, 0) is 16.0 Å². The number of amides is 2. The molecule has 0 spiro atoms. The van der Waals surface area contributed by atoms with Crippen LogP contribution in [0.2, 0.25) is 0 Å². The molecule has 0 bridgehead atoms. The Morgan fingerprint density at radius 2 is 1.73 bits per heavy atom. The second-order valence-corrected chi connectivity index (χ2v) is 7.36. The molecule has 30 heavy (non-hydrogen) atoms. The van der Waals surface area contributed by atoms with Crippen molar-refractivity contribution in [1.82, 2.24) is 10.2 Å². The zero-order valence-corrected chi connectivity index (χ0v) is 16.5. The fourth-order valence-corrected chi connectivity index (χ4v) is 3.50. The Kier molecular flexibility index (Phi) is 7.46. The lowest BCUT2D eigenvalue weighted by atomic mass is 9.96. The van der Waals surface area contributed by atoms with Gasteiger partial charge in [-0.1, -0.05) is 18.2 Å². The quantitative estimate of drug-likeness (QED) is 0.725. The van der Waals surface area contributed by atoms with E-state index in [0.717, 1.165) is 6.07 Å². The van der Waals surface area contributed by atoms with Gasteiger partial charge in [-0.15, -0.1) is 0 Å². The van der Waals surface area contributed by atoms with Crippen molar-refractivity contribution < 1.29 is 22.8 Å². The molecule has 1 fully saturated rings. The third-order valence-corrected chi connectivity index (χ3v) is 5.18. The van der Waals surface area contributed by atoms with E-state index in [1.807, 2.05) is 4.90 Å². The molecule has 2 aromatic carbocycles. The van der Waals surface area contributed by atoms with Crippen LogP contribution in [0.1, 0.15) is 18.4 Å². The third-order valence-electron chi connectivity index (χ3n) is 5.18. The van der Waals surface area contributed by atoms with Crippen LogP contribution >= 0.6 is 0 Å². The molecule has 8 heteroatoms. The molecular weight excluding hydrogens is 395 g/mol.